The molecular formula is C24H24O. The van der Waals surface area contributed by atoms with Gasteiger partial charge in [0.15, 0.2) is 0 Å². The Balaban J connectivity index is 1.92. The summed E-state index contributed by atoms with van der Waals surface area (Å²) in [5, 5.41) is 0. The van der Waals surface area contributed by atoms with Gasteiger partial charge >= 0.3 is 0 Å². The van der Waals surface area contributed by atoms with E-state index in [4.69, 9.17) is 4.74 Å². The number of ether oxygens (including phenoxy) is 1. The van der Waals surface area contributed by atoms with Crippen molar-refractivity contribution in [2.45, 2.75) is 26.2 Å². The standard InChI is InChI=1S/C24H24O/c1-24(2,3)21-14-16-22(17-15-21)25-23(20-12-8-5-9-13-20)18-19-10-6-4-7-11-19/h4-18H,1-3H3/b23-18-. The van der Waals surface area contributed by atoms with Gasteiger partial charge in [-0.3, -0.25) is 0 Å². The monoisotopic (exact) mass is 328 g/mol. The molecule has 0 aliphatic rings. The van der Waals surface area contributed by atoms with Crippen molar-refractivity contribution >= 4 is 11.8 Å². The average molecular weight is 328 g/mol. The maximum atomic E-state index is 6.23. The van der Waals surface area contributed by atoms with Crippen LogP contribution in [-0.2, 0) is 5.41 Å². The van der Waals surface area contributed by atoms with Crippen molar-refractivity contribution in [2.75, 3.05) is 0 Å². The van der Waals surface area contributed by atoms with Crippen LogP contribution in [-0.4, -0.2) is 0 Å². The Labute approximate surface area is 150 Å². The molecule has 25 heavy (non-hydrogen) atoms. The second-order valence-electron chi connectivity index (χ2n) is 7.16. The Bertz CT molecular complexity index is 823. The zero-order chi connectivity index (χ0) is 17.7. The molecule has 0 radical (unpaired) electrons. The molecule has 0 aliphatic heterocycles. The van der Waals surface area contributed by atoms with E-state index in [0.717, 1.165) is 22.6 Å². The smallest absolute Gasteiger partial charge is 0.135 e. The topological polar surface area (TPSA) is 9.23 Å². The predicted octanol–water partition coefficient (Wildman–Crippen LogP) is 6.56. The van der Waals surface area contributed by atoms with Gasteiger partial charge in [0.1, 0.15) is 11.5 Å². The molecule has 0 spiro atoms. The summed E-state index contributed by atoms with van der Waals surface area (Å²) >= 11 is 0. The minimum atomic E-state index is 0.140. The van der Waals surface area contributed by atoms with Crippen molar-refractivity contribution < 1.29 is 4.74 Å². The number of hydrogen-bond acceptors (Lipinski definition) is 1. The summed E-state index contributed by atoms with van der Waals surface area (Å²) in [6, 6.07) is 28.8. The third kappa shape index (κ3) is 4.60. The maximum Gasteiger partial charge on any atom is 0.135 e. The fourth-order valence-electron chi connectivity index (χ4n) is 2.62. The lowest BCUT2D eigenvalue weighted by atomic mass is 9.87. The minimum absolute atomic E-state index is 0.140. The first-order valence-electron chi connectivity index (χ1n) is 8.63. The molecule has 3 aromatic rings. The first-order valence-corrected chi connectivity index (χ1v) is 8.63. The van der Waals surface area contributed by atoms with Gasteiger partial charge in [0.05, 0.1) is 0 Å². The lowest BCUT2D eigenvalue weighted by Crippen LogP contribution is -2.10. The van der Waals surface area contributed by atoms with Crippen LogP contribution >= 0.6 is 0 Å². The van der Waals surface area contributed by atoms with Gasteiger partial charge in [-0.25, -0.2) is 0 Å². The number of benzene rings is 3. The molecule has 0 saturated carbocycles. The minimum Gasteiger partial charge on any atom is -0.457 e. The van der Waals surface area contributed by atoms with Gasteiger partial charge in [0.25, 0.3) is 0 Å². The van der Waals surface area contributed by atoms with Gasteiger partial charge in [-0.1, -0.05) is 93.6 Å². The summed E-state index contributed by atoms with van der Waals surface area (Å²) in [4.78, 5) is 0. The van der Waals surface area contributed by atoms with E-state index in [-0.39, 0.29) is 5.41 Å². The van der Waals surface area contributed by atoms with Gasteiger partial charge in [-0.2, -0.15) is 0 Å². The van der Waals surface area contributed by atoms with Gasteiger partial charge in [0, 0.05) is 5.56 Å². The highest BCUT2D eigenvalue weighted by atomic mass is 16.5. The van der Waals surface area contributed by atoms with E-state index >= 15 is 0 Å². The Morgan fingerprint density at radius 2 is 1.28 bits per heavy atom. The zero-order valence-electron chi connectivity index (χ0n) is 15.1. The van der Waals surface area contributed by atoms with Gasteiger partial charge in [-0.15, -0.1) is 0 Å². The summed E-state index contributed by atoms with van der Waals surface area (Å²) in [6.45, 7) is 6.65. The highest BCUT2D eigenvalue weighted by Crippen LogP contribution is 2.27. The van der Waals surface area contributed by atoms with Crippen LogP contribution in [0.4, 0.5) is 0 Å². The summed E-state index contributed by atoms with van der Waals surface area (Å²) in [6.07, 6.45) is 2.08. The van der Waals surface area contributed by atoms with E-state index in [1.165, 1.54) is 5.56 Å². The molecule has 0 aromatic heterocycles. The van der Waals surface area contributed by atoms with Gasteiger partial charge < -0.3 is 4.74 Å². The van der Waals surface area contributed by atoms with E-state index in [0.29, 0.717) is 0 Å². The van der Waals surface area contributed by atoms with E-state index in [1.54, 1.807) is 0 Å². The molecule has 1 heteroatoms. The quantitative estimate of drug-likeness (QED) is 0.389. The Morgan fingerprint density at radius 1 is 0.720 bits per heavy atom. The molecule has 0 aliphatic carbocycles. The molecule has 126 valence electrons. The second kappa shape index (κ2) is 7.40. The Kier molecular flexibility index (Phi) is 5.04. The first-order chi connectivity index (χ1) is 12.0. The highest BCUT2D eigenvalue weighted by molar-refractivity contribution is 5.78. The zero-order valence-corrected chi connectivity index (χ0v) is 15.1. The van der Waals surface area contributed by atoms with Crippen LogP contribution in [0.2, 0.25) is 0 Å². The molecule has 3 aromatic carbocycles. The normalized spacial score (nSPS) is 12.0. The Hall–Kier alpha value is -2.80. The van der Waals surface area contributed by atoms with Crippen molar-refractivity contribution in [2.24, 2.45) is 0 Å². The predicted molar refractivity (Wildman–Crippen MR) is 107 cm³/mol. The summed E-state index contributed by atoms with van der Waals surface area (Å²) in [7, 11) is 0. The van der Waals surface area contributed by atoms with Crippen molar-refractivity contribution in [3.05, 3.63) is 102 Å². The lowest BCUT2D eigenvalue weighted by Gasteiger charge is -2.19. The van der Waals surface area contributed by atoms with Crippen molar-refractivity contribution in [3.8, 4) is 5.75 Å². The van der Waals surface area contributed by atoms with Crippen LogP contribution in [0.15, 0.2) is 84.9 Å². The van der Waals surface area contributed by atoms with Gasteiger partial charge in [-0.05, 0) is 34.8 Å². The summed E-state index contributed by atoms with van der Waals surface area (Å²) in [5.74, 6) is 1.69. The maximum absolute atomic E-state index is 6.23. The largest absolute Gasteiger partial charge is 0.457 e. The fourth-order valence-corrected chi connectivity index (χ4v) is 2.62. The van der Waals surface area contributed by atoms with Crippen molar-refractivity contribution in [3.63, 3.8) is 0 Å². The van der Waals surface area contributed by atoms with Crippen LogP contribution in [0.1, 0.15) is 37.5 Å². The Morgan fingerprint density at radius 3 is 1.84 bits per heavy atom. The average Bonchev–Trinajstić information content (AvgIpc) is 2.62. The van der Waals surface area contributed by atoms with Crippen LogP contribution in [0.3, 0.4) is 0 Å². The fraction of sp³-hybridized carbons (Fsp3) is 0.167. The molecule has 0 bridgehead atoms. The van der Waals surface area contributed by atoms with Crippen molar-refractivity contribution in [1.82, 2.24) is 0 Å². The van der Waals surface area contributed by atoms with E-state index in [2.05, 4.69) is 63.2 Å². The van der Waals surface area contributed by atoms with E-state index < -0.39 is 0 Å². The van der Waals surface area contributed by atoms with Crippen LogP contribution in [0.25, 0.3) is 11.8 Å². The molecule has 1 nitrogen and oxygen atoms in total. The molecule has 0 amide bonds. The molecular weight excluding hydrogens is 304 g/mol. The third-order valence-electron chi connectivity index (χ3n) is 4.10. The molecule has 0 heterocycles. The summed E-state index contributed by atoms with van der Waals surface area (Å²) in [5.41, 5.74) is 3.62. The van der Waals surface area contributed by atoms with Crippen LogP contribution < -0.4 is 4.74 Å². The molecule has 0 saturated heterocycles. The van der Waals surface area contributed by atoms with Crippen LogP contribution in [0.5, 0.6) is 5.75 Å². The molecule has 0 N–H and O–H groups in total. The van der Waals surface area contributed by atoms with E-state index in [1.807, 2.05) is 48.5 Å². The highest BCUT2D eigenvalue weighted by Gasteiger charge is 2.13. The molecule has 0 fully saturated rings. The number of rotatable bonds is 4. The molecule has 0 unspecified atom stereocenters. The van der Waals surface area contributed by atoms with E-state index in [9.17, 15) is 0 Å². The number of hydrogen-bond donors (Lipinski definition) is 0. The first kappa shape index (κ1) is 17.0. The molecule has 3 rings (SSSR count). The second-order valence-corrected chi connectivity index (χ2v) is 7.16. The third-order valence-corrected chi connectivity index (χ3v) is 4.10. The summed E-state index contributed by atoms with van der Waals surface area (Å²) < 4.78 is 6.23. The lowest BCUT2D eigenvalue weighted by molar-refractivity contribution is 0.516. The van der Waals surface area contributed by atoms with Crippen molar-refractivity contribution in [1.29, 1.82) is 0 Å². The SMILES string of the molecule is CC(C)(C)c1ccc(O/C(=C\c2ccccc2)c2ccccc2)cc1. The molecule has 0 atom stereocenters. The van der Waals surface area contributed by atoms with Gasteiger partial charge in [0.2, 0.25) is 0 Å². The van der Waals surface area contributed by atoms with Crippen LogP contribution in [0, 0.1) is 0 Å².